The number of sulfone groups is 1. The van der Waals surface area contributed by atoms with Gasteiger partial charge in [-0.25, -0.2) is 13.4 Å². The van der Waals surface area contributed by atoms with E-state index in [0.717, 1.165) is 12.8 Å². The summed E-state index contributed by atoms with van der Waals surface area (Å²) in [6, 6.07) is 17.9. The zero-order chi connectivity index (χ0) is 28.4. The number of nitrogens with one attached hydrogen (secondary N) is 1. The molecule has 2 aromatic heterocycles. The number of carbonyl (C=O) groups is 3. The maximum Gasteiger partial charge on any atom is 0.245 e. The van der Waals surface area contributed by atoms with Crippen molar-refractivity contribution in [2.45, 2.75) is 43.0 Å². The van der Waals surface area contributed by atoms with Crippen molar-refractivity contribution in [1.29, 1.82) is 0 Å². The number of amides is 2. The van der Waals surface area contributed by atoms with Crippen molar-refractivity contribution < 1.29 is 22.8 Å². The topological polar surface area (TPSA) is 131 Å². The van der Waals surface area contributed by atoms with Gasteiger partial charge in [0.1, 0.15) is 29.8 Å². The van der Waals surface area contributed by atoms with Gasteiger partial charge in [0, 0.05) is 18.4 Å². The molecule has 0 unspecified atom stereocenters. The number of halogens is 1. The van der Waals surface area contributed by atoms with Crippen LogP contribution < -0.4 is 5.32 Å². The third-order valence-corrected chi connectivity index (χ3v) is 8.41. The Morgan fingerprint density at radius 2 is 1.80 bits per heavy atom. The molecule has 1 saturated carbocycles. The predicted octanol–water partition coefficient (Wildman–Crippen LogP) is 3.89. The molecule has 0 aliphatic heterocycles. The first kappa shape index (κ1) is 27.5. The van der Waals surface area contributed by atoms with E-state index in [0.29, 0.717) is 16.5 Å². The summed E-state index contributed by atoms with van der Waals surface area (Å²) >= 11 is 5.89. The summed E-state index contributed by atoms with van der Waals surface area (Å²) in [7, 11) is -3.60. The van der Waals surface area contributed by atoms with Crippen molar-refractivity contribution in [2.75, 3.05) is 11.9 Å². The van der Waals surface area contributed by atoms with Crippen LogP contribution in [0, 0.1) is 0 Å². The molecular formula is C28H26ClN5O5S. The van der Waals surface area contributed by atoms with Gasteiger partial charge in [-0.15, -0.1) is 0 Å². The SMILES string of the molecule is CC(=O)c1nn(CC(=O)N(CC(=O)Nc2cccc(Cl)n2)C2CC2)c2ccc(CS(=O)(=O)c3ccccc3)cc12. The fraction of sp³-hybridized carbons (Fsp3) is 0.250. The van der Waals surface area contributed by atoms with Gasteiger partial charge in [-0.05, 0) is 54.8 Å². The highest BCUT2D eigenvalue weighted by Gasteiger charge is 2.34. The van der Waals surface area contributed by atoms with Crippen LogP contribution in [0.1, 0.15) is 35.8 Å². The molecule has 206 valence electrons. The van der Waals surface area contributed by atoms with Gasteiger partial charge >= 0.3 is 0 Å². The van der Waals surface area contributed by atoms with Gasteiger partial charge in [0.2, 0.25) is 11.8 Å². The molecule has 0 saturated heterocycles. The Hall–Kier alpha value is -4.09. The fourth-order valence-corrected chi connectivity index (χ4v) is 5.99. The van der Waals surface area contributed by atoms with Crippen LogP contribution in [0.2, 0.25) is 5.15 Å². The molecule has 0 spiro atoms. The predicted molar refractivity (Wildman–Crippen MR) is 150 cm³/mol. The lowest BCUT2D eigenvalue weighted by atomic mass is 10.1. The molecule has 5 rings (SSSR count). The highest BCUT2D eigenvalue weighted by atomic mass is 35.5. The zero-order valence-corrected chi connectivity index (χ0v) is 23.2. The number of aromatic nitrogens is 3. The average Bonchev–Trinajstić information content (AvgIpc) is 3.69. The third kappa shape index (κ3) is 6.21. The molecule has 0 atom stereocenters. The summed E-state index contributed by atoms with van der Waals surface area (Å²) in [6.07, 6.45) is 1.57. The fourth-order valence-electron chi connectivity index (χ4n) is 4.47. The summed E-state index contributed by atoms with van der Waals surface area (Å²) in [5.74, 6) is -1.01. The standard InChI is InChI=1S/C28H26ClN5O5S/c1-18(35)28-22-14-19(17-40(38,39)21-6-3-2-4-7-21)10-13-23(22)34(32-28)16-27(37)33(20-11-12-20)15-26(36)31-25-9-5-8-24(29)30-25/h2-10,13-14,20H,11-12,15-17H2,1H3,(H,30,31,36). The summed E-state index contributed by atoms with van der Waals surface area (Å²) in [5.41, 5.74) is 1.16. The normalized spacial score (nSPS) is 13.2. The third-order valence-electron chi connectivity index (χ3n) is 6.50. The van der Waals surface area contributed by atoms with Crippen molar-refractivity contribution >= 4 is 55.8 Å². The first-order chi connectivity index (χ1) is 19.1. The molecule has 2 amide bonds. The van der Waals surface area contributed by atoms with E-state index in [4.69, 9.17) is 11.6 Å². The lowest BCUT2D eigenvalue weighted by Crippen LogP contribution is -2.41. The molecule has 1 fully saturated rings. The molecule has 1 aliphatic carbocycles. The number of Topliss-reactive ketones (excluding diaryl/α,β-unsaturated/α-hetero) is 1. The van der Waals surface area contributed by atoms with Crippen LogP contribution in [-0.4, -0.2) is 58.3 Å². The molecule has 1 aliphatic rings. The molecule has 1 N–H and O–H groups in total. The Labute approximate surface area is 235 Å². The number of rotatable bonds is 10. The Morgan fingerprint density at radius 1 is 1.05 bits per heavy atom. The van der Waals surface area contributed by atoms with E-state index in [1.165, 1.54) is 28.6 Å². The van der Waals surface area contributed by atoms with E-state index < -0.39 is 15.7 Å². The zero-order valence-electron chi connectivity index (χ0n) is 21.6. The Balaban J connectivity index is 1.36. The number of hydrogen-bond acceptors (Lipinski definition) is 7. The molecule has 0 bridgehead atoms. The number of anilines is 1. The van der Waals surface area contributed by atoms with Crippen LogP contribution in [0.5, 0.6) is 0 Å². The van der Waals surface area contributed by atoms with Gasteiger partial charge in [0.05, 0.1) is 16.2 Å². The van der Waals surface area contributed by atoms with Crippen LogP contribution in [-0.2, 0) is 31.7 Å². The second kappa shape index (κ2) is 11.2. The molecule has 10 nitrogen and oxygen atoms in total. The van der Waals surface area contributed by atoms with Gasteiger partial charge in [0.15, 0.2) is 15.6 Å². The maximum atomic E-state index is 13.4. The van der Waals surface area contributed by atoms with Crippen molar-refractivity contribution in [3.8, 4) is 0 Å². The number of nitrogens with zero attached hydrogens (tertiary/aromatic N) is 4. The van der Waals surface area contributed by atoms with Crippen molar-refractivity contribution in [3.63, 3.8) is 0 Å². The monoisotopic (exact) mass is 579 g/mol. The van der Waals surface area contributed by atoms with Crippen LogP contribution in [0.4, 0.5) is 5.82 Å². The summed E-state index contributed by atoms with van der Waals surface area (Å²) in [6.45, 7) is 1.01. The minimum atomic E-state index is -3.60. The molecule has 4 aromatic rings. The van der Waals surface area contributed by atoms with E-state index in [1.807, 2.05) is 0 Å². The number of carbonyl (C=O) groups excluding carboxylic acids is 3. The minimum Gasteiger partial charge on any atom is -0.329 e. The van der Waals surface area contributed by atoms with E-state index >= 15 is 0 Å². The van der Waals surface area contributed by atoms with E-state index in [9.17, 15) is 22.8 Å². The van der Waals surface area contributed by atoms with Gasteiger partial charge in [-0.2, -0.15) is 5.10 Å². The second-order valence-electron chi connectivity index (χ2n) is 9.63. The van der Waals surface area contributed by atoms with E-state index in [2.05, 4.69) is 15.4 Å². The quantitative estimate of drug-likeness (QED) is 0.223. The Kier molecular flexibility index (Phi) is 7.68. The van der Waals surface area contributed by atoms with Gasteiger partial charge in [-0.1, -0.05) is 41.9 Å². The molecule has 40 heavy (non-hydrogen) atoms. The summed E-state index contributed by atoms with van der Waals surface area (Å²) in [4.78, 5) is 44.2. The number of pyridine rings is 1. The van der Waals surface area contributed by atoms with Crippen molar-refractivity contribution in [3.05, 3.63) is 83.1 Å². The van der Waals surface area contributed by atoms with Gasteiger partial charge < -0.3 is 10.2 Å². The van der Waals surface area contributed by atoms with Gasteiger partial charge in [-0.3, -0.25) is 19.1 Å². The molecular weight excluding hydrogens is 554 g/mol. The summed E-state index contributed by atoms with van der Waals surface area (Å²) in [5, 5.41) is 7.74. The van der Waals surface area contributed by atoms with Crippen LogP contribution in [0.25, 0.3) is 10.9 Å². The Bertz CT molecular complexity index is 1720. The summed E-state index contributed by atoms with van der Waals surface area (Å²) < 4.78 is 27.2. The molecule has 12 heteroatoms. The lowest BCUT2D eigenvalue weighted by molar-refractivity contribution is -0.135. The van der Waals surface area contributed by atoms with E-state index in [1.54, 1.807) is 54.6 Å². The number of benzene rings is 2. The van der Waals surface area contributed by atoms with Crippen LogP contribution in [0.3, 0.4) is 0 Å². The molecule has 2 heterocycles. The number of fused-ring (bicyclic) bond motifs is 1. The minimum absolute atomic E-state index is 0.0607. The number of hydrogen-bond donors (Lipinski definition) is 1. The van der Waals surface area contributed by atoms with Gasteiger partial charge in [0.25, 0.3) is 0 Å². The molecule has 2 aromatic carbocycles. The largest absolute Gasteiger partial charge is 0.329 e. The highest BCUT2D eigenvalue weighted by Crippen LogP contribution is 2.28. The first-order valence-corrected chi connectivity index (χ1v) is 14.6. The lowest BCUT2D eigenvalue weighted by Gasteiger charge is -2.22. The molecule has 0 radical (unpaired) electrons. The smallest absolute Gasteiger partial charge is 0.245 e. The maximum absolute atomic E-state index is 13.4. The van der Waals surface area contributed by atoms with Crippen LogP contribution in [0.15, 0.2) is 71.6 Å². The van der Waals surface area contributed by atoms with Crippen molar-refractivity contribution in [1.82, 2.24) is 19.7 Å². The Morgan fingerprint density at radius 3 is 2.48 bits per heavy atom. The highest BCUT2D eigenvalue weighted by molar-refractivity contribution is 7.90. The number of ketones is 1. The van der Waals surface area contributed by atoms with Crippen LogP contribution >= 0.6 is 11.6 Å². The van der Waals surface area contributed by atoms with Crippen molar-refractivity contribution in [2.24, 2.45) is 0 Å². The average molecular weight is 580 g/mol. The van der Waals surface area contributed by atoms with E-state index in [-0.39, 0.29) is 58.1 Å². The first-order valence-electron chi connectivity index (χ1n) is 12.6. The second-order valence-corrected chi connectivity index (χ2v) is 12.0.